The zero-order chi connectivity index (χ0) is 25.9. The number of carbonyl (C=O) groups is 1. The molecule has 36 heavy (non-hydrogen) atoms. The molecule has 0 spiro atoms. The predicted octanol–water partition coefficient (Wildman–Crippen LogP) is 3.80. The molecule has 3 atom stereocenters. The standard InChI is InChI=1S/C28H37FN2O4S/c1-20-25(36(33,34)26(19-30-20)21-7-5-4-6-8-21)17-22-9-10-23(18-24(22)29)28(13-15-35-16-14-28)12-11-27(32)31(2)3/h4-10,18,20,25-26,30H,11-17,19H2,1-3H3/t20-,25?,26-/m0/s1. The Kier molecular flexibility index (Phi) is 8.17. The first-order valence-electron chi connectivity index (χ1n) is 12.7. The first-order valence-corrected chi connectivity index (χ1v) is 14.3. The highest BCUT2D eigenvalue weighted by Gasteiger charge is 2.43. The summed E-state index contributed by atoms with van der Waals surface area (Å²) in [4.78, 5) is 13.9. The van der Waals surface area contributed by atoms with Crippen LogP contribution in [0.2, 0.25) is 0 Å². The lowest BCUT2D eigenvalue weighted by molar-refractivity contribution is -0.129. The van der Waals surface area contributed by atoms with Gasteiger partial charge in [0.1, 0.15) is 5.82 Å². The third-order valence-corrected chi connectivity index (χ3v) is 10.7. The number of carbonyl (C=O) groups excluding carboxylic acids is 1. The fraction of sp³-hybridized carbons (Fsp3) is 0.536. The molecule has 2 aromatic carbocycles. The maximum absolute atomic E-state index is 15.5. The molecule has 2 aromatic rings. The molecule has 2 aliphatic rings. The molecular formula is C28H37FN2O4S. The largest absolute Gasteiger partial charge is 0.381 e. The van der Waals surface area contributed by atoms with Crippen LogP contribution < -0.4 is 5.32 Å². The summed E-state index contributed by atoms with van der Waals surface area (Å²) in [5.74, 6) is -0.337. The van der Waals surface area contributed by atoms with Gasteiger partial charge in [-0.05, 0) is 55.4 Å². The third-order valence-electron chi connectivity index (χ3n) is 8.03. The molecule has 0 aromatic heterocycles. The molecule has 196 valence electrons. The molecule has 1 amide bonds. The van der Waals surface area contributed by atoms with Crippen molar-refractivity contribution in [1.29, 1.82) is 0 Å². The van der Waals surface area contributed by atoms with E-state index >= 15 is 4.39 Å². The van der Waals surface area contributed by atoms with Gasteiger partial charge in [-0.2, -0.15) is 0 Å². The van der Waals surface area contributed by atoms with Gasteiger partial charge in [0.25, 0.3) is 0 Å². The molecule has 4 rings (SSSR count). The van der Waals surface area contributed by atoms with Crippen LogP contribution in [0.4, 0.5) is 4.39 Å². The molecule has 1 unspecified atom stereocenters. The normalized spacial score (nSPS) is 25.3. The molecule has 2 fully saturated rings. The molecule has 2 aliphatic heterocycles. The highest BCUT2D eigenvalue weighted by atomic mass is 32.2. The summed E-state index contributed by atoms with van der Waals surface area (Å²) in [6, 6.07) is 14.2. The first kappa shape index (κ1) is 26.8. The van der Waals surface area contributed by atoms with Crippen molar-refractivity contribution in [1.82, 2.24) is 10.2 Å². The zero-order valence-electron chi connectivity index (χ0n) is 21.4. The lowest BCUT2D eigenvalue weighted by Gasteiger charge is -2.38. The van der Waals surface area contributed by atoms with E-state index in [-0.39, 0.29) is 29.6 Å². The minimum absolute atomic E-state index is 0.0509. The Labute approximate surface area is 214 Å². The lowest BCUT2D eigenvalue weighted by Crippen LogP contribution is -2.53. The SMILES string of the molecule is C[C@@H]1NC[C@@H](c2ccccc2)S(=O)(=O)C1Cc1ccc(C2(CCC(=O)N(C)C)CCOCC2)cc1F. The van der Waals surface area contributed by atoms with Crippen LogP contribution in [0.3, 0.4) is 0 Å². The van der Waals surface area contributed by atoms with Crippen molar-refractivity contribution in [3.05, 3.63) is 71.0 Å². The lowest BCUT2D eigenvalue weighted by atomic mass is 9.70. The first-order chi connectivity index (χ1) is 17.1. The van der Waals surface area contributed by atoms with E-state index in [0.717, 1.165) is 24.0 Å². The molecule has 0 radical (unpaired) electrons. The number of nitrogens with zero attached hydrogens (tertiary/aromatic N) is 1. The van der Waals surface area contributed by atoms with Gasteiger partial charge < -0.3 is 15.0 Å². The van der Waals surface area contributed by atoms with Gasteiger partial charge in [0.15, 0.2) is 9.84 Å². The third kappa shape index (κ3) is 5.50. The smallest absolute Gasteiger partial charge is 0.222 e. The minimum atomic E-state index is -3.54. The molecule has 2 saturated heterocycles. The number of halogens is 1. The summed E-state index contributed by atoms with van der Waals surface area (Å²) < 4.78 is 48.3. The van der Waals surface area contributed by atoms with E-state index in [1.165, 1.54) is 0 Å². The van der Waals surface area contributed by atoms with Crippen LogP contribution in [-0.4, -0.2) is 64.4 Å². The second-order valence-corrected chi connectivity index (χ2v) is 12.8. The van der Waals surface area contributed by atoms with Crippen molar-refractivity contribution in [2.75, 3.05) is 33.9 Å². The summed E-state index contributed by atoms with van der Waals surface area (Å²) in [7, 11) is -0.0563. The van der Waals surface area contributed by atoms with Crippen molar-refractivity contribution in [3.63, 3.8) is 0 Å². The maximum Gasteiger partial charge on any atom is 0.222 e. The van der Waals surface area contributed by atoms with E-state index in [1.807, 2.05) is 43.3 Å². The Morgan fingerprint density at radius 2 is 1.83 bits per heavy atom. The van der Waals surface area contributed by atoms with Crippen molar-refractivity contribution in [2.24, 2.45) is 0 Å². The van der Waals surface area contributed by atoms with Gasteiger partial charge in [-0.1, -0.05) is 42.5 Å². The Morgan fingerprint density at radius 1 is 1.14 bits per heavy atom. The van der Waals surface area contributed by atoms with E-state index in [4.69, 9.17) is 4.74 Å². The number of rotatable bonds is 7. The summed E-state index contributed by atoms with van der Waals surface area (Å²) in [6.07, 6.45) is 2.58. The van der Waals surface area contributed by atoms with Crippen LogP contribution in [0.15, 0.2) is 48.5 Å². The van der Waals surface area contributed by atoms with Crippen LogP contribution in [0.5, 0.6) is 0 Å². The number of hydrogen-bond donors (Lipinski definition) is 1. The van der Waals surface area contributed by atoms with Crippen molar-refractivity contribution in [3.8, 4) is 0 Å². The van der Waals surface area contributed by atoms with Gasteiger partial charge in [0.05, 0.1) is 10.5 Å². The number of hydrogen-bond acceptors (Lipinski definition) is 5. The fourth-order valence-electron chi connectivity index (χ4n) is 5.58. The fourth-order valence-corrected chi connectivity index (χ4v) is 7.94. The second-order valence-electron chi connectivity index (χ2n) is 10.4. The minimum Gasteiger partial charge on any atom is -0.381 e. The molecule has 0 saturated carbocycles. The van der Waals surface area contributed by atoms with Crippen LogP contribution in [0.1, 0.15) is 54.5 Å². The highest BCUT2D eigenvalue weighted by molar-refractivity contribution is 7.92. The number of ether oxygens (including phenoxy) is 1. The second kappa shape index (κ2) is 11.0. The van der Waals surface area contributed by atoms with E-state index in [2.05, 4.69) is 5.32 Å². The molecule has 0 aliphatic carbocycles. The molecule has 2 heterocycles. The monoisotopic (exact) mass is 516 g/mol. The Balaban J connectivity index is 1.58. The Morgan fingerprint density at radius 3 is 2.47 bits per heavy atom. The summed E-state index contributed by atoms with van der Waals surface area (Å²) >= 11 is 0. The van der Waals surface area contributed by atoms with Crippen molar-refractivity contribution < 1.29 is 22.3 Å². The van der Waals surface area contributed by atoms with Gasteiger partial charge in [0, 0.05) is 51.7 Å². The molecular weight excluding hydrogens is 479 g/mol. The molecule has 0 bridgehead atoms. The van der Waals surface area contributed by atoms with Crippen LogP contribution in [0.25, 0.3) is 0 Å². The predicted molar refractivity (Wildman–Crippen MR) is 139 cm³/mol. The molecule has 6 nitrogen and oxygen atoms in total. The number of amides is 1. The van der Waals surface area contributed by atoms with E-state index < -0.39 is 20.3 Å². The van der Waals surface area contributed by atoms with Crippen LogP contribution >= 0.6 is 0 Å². The van der Waals surface area contributed by atoms with E-state index in [1.54, 1.807) is 31.1 Å². The quantitative estimate of drug-likeness (QED) is 0.606. The topological polar surface area (TPSA) is 75.7 Å². The van der Waals surface area contributed by atoms with Gasteiger partial charge in [-0.15, -0.1) is 0 Å². The van der Waals surface area contributed by atoms with E-state index in [9.17, 15) is 13.2 Å². The Bertz CT molecular complexity index is 1160. The van der Waals surface area contributed by atoms with Gasteiger partial charge in [-0.25, -0.2) is 12.8 Å². The van der Waals surface area contributed by atoms with Gasteiger partial charge in [-0.3, -0.25) is 4.79 Å². The average Bonchev–Trinajstić information content (AvgIpc) is 2.86. The molecule has 1 N–H and O–H groups in total. The average molecular weight is 517 g/mol. The summed E-state index contributed by atoms with van der Waals surface area (Å²) in [5.41, 5.74) is 1.69. The van der Waals surface area contributed by atoms with Crippen molar-refractivity contribution >= 4 is 15.7 Å². The summed E-state index contributed by atoms with van der Waals surface area (Å²) in [6.45, 7) is 3.35. The highest BCUT2D eigenvalue weighted by Crippen LogP contribution is 2.40. The Hall–Kier alpha value is -2.29. The van der Waals surface area contributed by atoms with E-state index in [0.29, 0.717) is 38.2 Å². The number of nitrogens with one attached hydrogen (secondary N) is 1. The van der Waals surface area contributed by atoms with Gasteiger partial charge in [0.2, 0.25) is 5.91 Å². The number of benzene rings is 2. The summed E-state index contributed by atoms with van der Waals surface area (Å²) in [5, 5.41) is 1.95. The van der Waals surface area contributed by atoms with Crippen molar-refractivity contribution in [2.45, 2.75) is 61.0 Å². The number of sulfone groups is 1. The molecule has 8 heteroatoms. The van der Waals surface area contributed by atoms with Gasteiger partial charge >= 0.3 is 0 Å². The van der Waals surface area contributed by atoms with Crippen LogP contribution in [-0.2, 0) is 31.2 Å². The van der Waals surface area contributed by atoms with Crippen LogP contribution in [0, 0.1) is 5.82 Å². The maximum atomic E-state index is 15.5. The zero-order valence-corrected chi connectivity index (χ0v) is 22.2.